The van der Waals surface area contributed by atoms with Crippen molar-refractivity contribution in [2.75, 3.05) is 5.75 Å². The number of nitrogens with one attached hydrogen (secondary N) is 1. The molecular formula is C19H18FN3OS. The monoisotopic (exact) mass is 355 g/mol. The maximum atomic E-state index is 13.3. The number of carbonyl (C=O) groups is 1. The highest BCUT2D eigenvalue weighted by Crippen LogP contribution is 2.28. The second-order valence-electron chi connectivity index (χ2n) is 5.53. The third kappa shape index (κ3) is 3.79. The maximum Gasteiger partial charge on any atom is 0.254 e. The maximum absolute atomic E-state index is 13.3. The number of pyridine rings is 2. The minimum atomic E-state index is -0.318. The lowest BCUT2D eigenvalue weighted by Gasteiger charge is -2.13. The van der Waals surface area contributed by atoms with E-state index in [9.17, 15) is 9.18 Å². The summed E-state index contributed by atoms with van der Waals surface area (Å²) in [5, 5.41) is 3.55. The summed E-state index contributed by atoms with van der Waals surface area (Å²) in [5.74, 6) is 0.266. The summed E-state index contributed by atoms with van der Waals surface area (Å²) in [6.45, 7) is 4.16. The molecule has 0 radical (unpaired) electrons. The number of hydrogen-bond donors (Lipinski definition) is 1. The van der Waals surface area contributed by atoms with Crippen LogP contribution in [0.1, 0.15) is 28.4 Å². The second kappa shape index (κ2) is 7.61. The molecule has 0 spiro atoms. The third-order valence-corrected chi connectivity index (χ3v) is 4.66. The molecule has 1 aromatic carbocycles. The fraction of sp³-hybridized carbons (Fsp3) is 0.211. The summed E-state index contributed by atoms with van der Waals surface area (Å²) in [6.07, 6.45) is 1.69. The Balaban J connectivity index is 1.94. The summed E-state index contributed by atoms with van der Waals surface area (Å²) >= 11 is 1.52. The topological polar surface area (TPSA) is 54.9 Å². The minimum absolute atomic E-state index is 0.224. The average Bonchev–Trinajstić information content (AvgIpc) is 2.60. The molecule has 2 aromatic heterocycles. The second-order valence-corrected chi connectivity index (χ2v) is 6.79. The fourth-order valence-corrected chi connectivity index (χ4v) is 3.47. The van der Waals surface area contributed by atoms with Crippen LogP contribution in [-0.2, 0) is 6.54 Å². The van der Waals surface area contributed by atoms with E-state index in [1.807, 2.05) is 26.0 Å². The highest BCUT2D eigenvalue weighted by molar-refractivity contribution is 7.99. The Morgan fingerprint density at radius 2 is 2.12 bits per heavy atom. The van der Waals surface area contributed by atoms with Crippen LogP contribution < -0.4 is 5.32 Å². The summed E-state index contributed by atoms with van der Waals surface area (Å²) in [6, 6.07) is 9.92. The number of rotatable bonds is 5. The molecule has 2 heterocycles. The smallest absolute Gasteiger partial charge is 0.254 e. The predicted molar refractivity (Wildman–Crippen MR) is 98.2 cm³/mol. The molecule has 0 aliphatic rings. The van der Waals surface area contributed by atoms with Crippen LogP contribution >= 0.6 is 11.8 Å². The molecule has 0 atom stereocenters. The summed E-state index contributed by atoms with van der Waals surface area (Å²) in [5.41, 5.74) is 3.55. The minimum Gasteiger partial charge on any atom is -0.348 e. The molecule has 128 valence electrons. The van der Waals surface area contributed by atoms with Crippen LogP contribution in [0.25, 0.3) is 11.0 Å². The molecule has 0 saturated heterocycles. The number of amides is 1. The van der Waals surface area contributed by atoms with Gasteiger partial charge in [0.05, 0.1) is 16.6 Å². The predicted octanol–water partition coefficient (Wildman–Crippen LogP) is 4.12. The van der Waals surface area contributed by atoms with E-state index >= 15 is 0 Å². The zero-order valence-corrected chi connectivity index (χ0v) is 14.9. The number of carbonyl (C=O) groups excluding carboxylic acids is 1. The van der Waals surface area contributed by atoms with Crippen molar-refractivity contribution in [3.05, 3.63) is 65.1 Å². The van der Waals surface area contributed by atoms with Gasteiger partial charge in [-0.1, -0.05) is 19.1 Å². The number of thioether (sulfide) groups is 1. The van der Waals surface area contributed by atoms with Crippen molar-refractivity contribution in [1.82, 2.24) is 15.3 Å². The lowest BCUT2D eigenvalue weighted by molar-refractivity contribution is 0.0946. The van der Waals surface area contributed by atoms with Crippen molar-refractivity contribution in [2.24, 2.45) is 0 Å². The first-order valence-electron chi connectivity index (χ1n) is 8.01. The first-order valence-corrected chi connectivity index (χ1v) is 8.99. The van der Waals surface area contributed by atoms with Crippen LogP contribution in [0.4, 0.5) is 4.39 Å². The van der Waals surface area contributed by atoms with Crippen LogP contribution in [-0.4, -0.2) is 21.6 Å². The number of nitrogens with zero attached hydrogens (tertiary/aromatic N) is 2. The van der Waals surface area contributed by atoms with Gasteiger partial charge in [0.15, 0.2) is 0 Å². The molecule has 1 amide bonds. The highest BCUT2D eigenvalue weighted by Gasteiger charge is 2.19. The van der Waals surface area contributed by atoms with Crippen molar-refractivity contribution in [2.45, 2.75) is 25.4 Å². The van der Waals surface area contributed by atoms with Crippen LogP contribution in [0.15, 0.2) is 47.6 Å². The molecule has 6 heteroatoms. The van der Waals surface area contributed by atoms with Gasteiger partial charge in [0.1, 0.15) is 10.8 Å². The number of aromatic nitrogens is 2. The van der Waals surface area contributed by atoms with E-state index < -0.39 is 0 Å². The molecule has 0 saturated carbocycles. The van der Waals surface area contributed by atoms with Crippen molar-refractivity contribution in [1.29, 1.82) is 0 Å². The molecule has 3 aromatic rings. The molecule has 0 aliphatic heterocycles. The Bertz CT molecular complexity index is 930. The molecular weight excluding hydrogens is 337 g/mol. The first kappa shape index (κ1) is 17.4. The van der Waals surface area contributed by atoms with Crippen LogP contribution in [0, 0.1) is 12.7 Å². The van der Waals surface area contributed by atoms with Gasteiger partial charge in [0.2, 0.25) is 0 Å². The van der Waals surface area contributed by atoms with E-state index in [4.69, 9.17) is 0 Å². The summed E-state index contributed by atoms with van der Waals surface area (Å²) in [4.78, 5) is 21.7. The van der Waals surface area contributed by atoms with Gasteiger partial charge < -0.3 is 5.32 Å². The lowest BCUT2D eigenvalue weighted by Crippen LogP contribution is -2.25. The fourth-order valence-electron chi connectivity index (χ4n) is 2.65. The number of benzene rings is 1. The normalized spacial score (nSPS) is 10.8. The SMILES string of the molecule is CCSc1nc2cccnc2c(C)c1C(=O)NCc1cccc(F)c1. The summed E-state index contributed by atoms with van der Waals surface area (Å²) < 4.78 is 13.3. The number of fused-ring (bicyclic) bond motifs is 1. The molecule has 0 aliphatic carbocycles. The van der Waals surface area contributed by atoms with Crippen LogP contribution in [0.2, 0.25) is 0 Å². The van der Waals surface area contributed by atoms with Gasteiger partial charge in [-0.2, -0.15) is 0 Å². The van der Waals surface area contributed by atoms with E-state index in [1.54, 1.807) is 18.3 Å². The molecule has 0 fully saturated rings. The van der Waals surface area contributed by atoms with E-state index in [2.05, 4.69) is 15.3 Å². The summed E-state index contributed by atoms with van der Waals surface area (Å²) in [7, 11) is 0. The zero-order chi connectivity index (χ0) is 17.8. The largest absolute Gasteiger partial charge is 0.348 e. The van der Waals surface area contributed by atoms with E-state index in [0.29, 0.717) is 16.2 Å². The van der Waals surface area contributed by atoms with Crippen molar-refractivity contribution >= 4 is 28.7 Å². The molecule has 25 heavy (non-hydrogen) atoms. The van der Waals surface area contributed by atoms with E-state index in [1.165, 1.54) is 23.9 Å². The van der Waals surface area contributed by atoms with Gasteiger partial charge in [-0.25, -0.2) is 9.37 Å². The Labute approximate surface area is 149 Å². The van der Waals surface area contributed by atoms with Gasteiger partial charge in [-0.05, 0) is 48.1 Å². The van der Waals surface area contributed by atoms with Gasteiger partial charge in [-0.15, -0.1) is 11.8 Å². The molecule has 0 unspecified atom stereocenters. The molecule has 4 nitrogen and oxygen atoms in total. The Morgan fingerprint density at radius 1 is 1.28 bits per heavy atom. The van der Waals surface area contributed by atoms with E-state index in [0.717, 1.165) is 22.3 Å². The number of aryl methyl sites for hydroxylation is 1. The molecule has 3 rings (SSSR count). The number of halogens is 1. The van der Waals surface area contributed by atoms with Gasteiger partial charge in [0.25, 0.3) is 5.91 Å². The van der Waals surface area contributed by atoms with Gasteiger partial charge >= 0.3 is 0 Å². The Kier molecular flexibility index (Phi) is 5.28. The Morgan fingerprint density at radius 3 is 2.88 bits per heavy atom. The average molecular weight is 355 g/mol. The molecule has 1 N–H and O–H groups in total. The van der Waals surface area contributed by atoms with Gasteiger partial charge in [0, 0.05) is 12.7 Å². The highest BCUT2D eigenvalue weighted by atomic mass is 32.2. The van der Waals surface area contributed by atoms with Crippen LogP contribution in [0.3, 0.4) is 0 Å². The number of hydrogen-bond acceptors (Lipinski definition) is 4. The lowest BCUT2D eigenvalue weighted by atomic mass is 10.1. The van der Waals surface area contributed by atoms with Crippen LogP contribution in [0.5, 0.6) is 0 Å². The third-order valence-electron chi connectivity index (χ3n) is 3.80. The quantitative estimate of drug-likeness (QED) is 0.700. The zero-order valence-electron chi connectivity index (χ0n) is 14.0. The first-order chi connectivity index (χ1) is 12.1. The molecule has 0 bridgehead atoms. The van der Waals surface area contributed by atoms with Crippen molar-refractivity contribution < 1.29 is 9.18 Å². The standard InChI is InChI=1S/C19H18FN3OS/c1-3-25-19-16(12(2)17-15(23-19)8-5-9-21-17)18(24)22-11-13-6-4-7-14(20)10-13/h4-10H,3,11H2,1-2H3,(H,22,24). The van der Waals surface area contributed by atoms with E-state index in [-0.39, 0.29) is 18.3 Å². The van der Waals surface area contributed by atoms with Gasteiger partial charge in [-0.3, -0.25) is 9.78 Å². The van der Waals surface area contributed by atoms with Crippen molar-refractivity contribution in [3.8, 4) is 0 Å². The Hall–Kier alpha value is -2.47. The van der Waals surface area contributed by atoms with Crippen molar-refractivity contribution in [3.63, 3.8) is 0 Å².